The topological polar surface area (TPSA) is 9.86 Å². The Kier molecular flexibility index (Phi) is 4.91. The Morgan fingerprint density at radius 2 is 1.03 bits per heavy atom. The summed E-state index contributed by atoms with van der Waals surface area (Å²) in [6.45, 7) is 0. The van der Waals surface area contributed by atoms with Crippen molar-refractivity contribution in [3.63, 3.8) is 0 Å². The Balaban J connectivity index is 1.44. The zero-order valence-electron chi connectivity index (χ0n) is 21.1. The molecule has 0 N–H and O–H groups in total. The van der Waals surface area contributed by atoms with Crippen molar-refractivity contribution in [1.29, 1.82) is 0 Å². The predicted octanol–water partition coefficient (Wildman–Crippen LogP) is 10.2. The van der Waals surface area contributed by atoms with Gasteiger partial charge < -0.3 is 9.13 Å². The Hall–Kier alpha value is -4.79. The first kappa shape index (κ1) is 22.2. The van der Waals surface area contributed by atoms with Crippen LogP contribution in [-0.4, -0.2) is 9.13 Å². The van der Waals surface area contributed by atoms with Gasteiger partial charge in [-0.05, 0) is 71.8 Å². The van der Waals surface area contributed by atoms with Crippen LogP contribution >= 0.6 is 11.6 Å². The van der Waals surface area contributed by atoms with Crippen LogP contribution in [0.3, 0.4) is 0 Å². The highest BCUT2D eigenvalue weighted by molar-refractivity contribution is 6.30. The van der Waals surface area contributed by atoms with Crippen LogP contribution in [-0.2, 0) is 0 Å². The SMILES string of the molecule is Clc1ccc(-c2cccc3c2c2ccccc2n3-c2ccc3c(c2)c2ccccc2n3-c2ccccc2)cc1. The minimum Gasteiger partial charge on any atom is -0.309 e. The monoisotopic (exact) mass is 518 g/mol. The van der Waals surface area contributed by atoms with Crippen LogP contribution in [0.5, 0.6) is 0 Å². The zero-order valence-corrected chi connectivity index (χ0v) is 21.8. The Labute approximate surface area is 230 Å². The normalized spacial score (nSPS) is 11.7. The molecule has 0 bridgehead atoms. The largest absolute Gasteiger partial charge is 0.309 e. The van der Waals surface area contributed by atoms with Crippen LogP contribution in [0, 0.1) is 0 Å². The molecule has 2 heterocycles. The van der Waals surface area contributed by atoms with Gasteiger partial charge >= 0.3 is 0 Å². The second kappa shape index (κ2) is 8.62. The molecule has 8 aromatic rings. The zero-order chi connectivity index (χ0) is 25.9. The standard InChI is InChI=1S/C36H23ClN2/c37-25-19-17-24(18-20-25)28-13-8-16-35-36(28)30-12-5-7-15-33(30)39(35)27-21-22-34-31(23-27)29-11-4-6-14-32(29)38(34)26-9-2-1-3-10-26/h1-23H. The molecule has 0 unspecified atom stereocenters. The van der Waals surface area contributed by atoms with Crippen molar-refractivity contribution in [2.24, 2.45) is 0 Å². The summed E-state index contributed by atoms with van der Waals surface area (Å²) in [5, 5.41) is 5.73. The molecule has 0 saturated carbocycles. The van der Waals surface area contributed by atoms with Crippen molar-refractivity contribution in [3.05, 3.63) is 145 Å². The van der Waals surface area contributed by atoms with Gasteiger partial charge in [0.1, 0.15) is 0 Å². The molecule has 8 rings (SSSR count). The van der Waals surface area contributed by atoms with E-state index >= 15 is 0 Å². The van der Waals surface area contributed by atoms with E-state index in [2.05, 4.69) is 137 Å². The lowest BCUT2D eigenvalue weighted by Crippen LogP contribution is -1.95. The van der Waals surface area contributed by atoms with Crippen molar-refractivity contribution >= 4 is 55.2 Å². The van der Waals surface area contributed by atoms with Gasteiger partial charge in [-0.1, -0.05) is 90.5 Å². The van der Waals surface area contributed by atoms with E-state index in [9.17, 15) is 0 Å². The molecule has 39 heavy (non-hydrogen) atoms. The van der Waals surface area contributed by atoms with Crippen molar-refractivity contribution in [3.8, 4) is 22.5 Å². The van der Waals surface area contributed by atoms with E-state index in [1.807, 2.05) is 12.1 Å². The fourth-order valence-electron chi connectivity index (χ4n) is 6.12. The molecule has 0 atom stereocenters. The lowest BCUT2D eigenvalue weighted by atomic mass is 9.99. The number of para-hydroxylation sites is 3. The number of rotatable bonds is 3. The van der Waals surface area contributed by atoms with E-state index in [0.29, 0.717) is 0 Å². The van der Waals surface area contributed by atoms with Crippen molar-refractivity contribution < 1.29 is 0 Å². The Morgan fingerprint density at radius 3 is 1.82 bits per heavy atom. The van der Waals surface area contributed by atoms with Crippen LogP contribution in [0.1, 0.15) is 0 Å². The molecular weight excluding hydrogens is 496 g/mol. The van der Waals surface area contributed by atoms with Gasteiger partial charge in [0.15, 0.2) is 0 Å². The second-order valence-electron chi connectivity index (χ2n) is 9.95. The Bertz CT molecular complexity index is 2170. The highest BCUT2D eigenvalue weighted by Gasteiger charge is 2.18. The van der Waals surface area contributed by atoms with Gasteiger partial charge in [0.25, 0.3) is 0 Å². The molecule has 0 fully saturated rings. The highest BCUT2D eigenvalue weighted by Crippen LogP contribution is 2.40. The number of fused-ring (bicyclic) bond motifs is 6. The van der Waals surface area contributed by atoms with Gasteiger partial charge in [-0.15, -0.1) is 0 Å². The second-order valence-corrected chi connectivity index (χ2v) is 10.4. The first-order valence-electron chi connectivity index (χ1n) is 13.1. The maximum absolute atomic E-state index is 6.22. The molecule has 184 valence electrons. The van der Waals surface area contributed by atoms with Gasteiger partial charge in [-0.3, -0.25) is 0 Å². The third kappa shape index (κ3) is 3.35. The highest BCUT2D eigenvalue weighted by atomic mass is 35.5. The van der Waals surface area contributed by atoms with Crippen molar-refractivity contribution in [2.75, 3.05) is 0 Å². The maximum Gasteiger partial charge on any atom is 0.0547 e. The van der Waals surface area contributed by atoms with E-state index in [4.69, 9.17) is 11.6 Å². The first-order valence-corrected chi connectivity index (χ1v) is 13.5. The van der Waals surface area contributed by atoms with Gasteiger partial charge in [0.2, 0.25) is 0 Å². The molecule has 0 amide bonds. The molecule has 0 aliphatic heterocycles. The molecule has 2 nitrogen and oxygen atoms in total. The minimum absolute atomic E-state index is 0.747. The van der Waals surface area contributed by atoms with Gasteiger partial charge in [-0.2, -0.15) is 0 Å². The predicted molar refractivity (Wildman–Crippen MR) is 166 cm³/mol. The van der Waals surface area contributed by atoms with Crippen LogP contribution in [0.15, 0.2) is 140 Å². The van der Waals surface area contributed by atoms with Crippen LogP contribution in [0.25, 0.3) is 66.1 Å². The van der Waals surface area contributed by atoms with Gasteiger partial charge in [-0.25, -0.2) is 0 Å². The fourth-order valence-corrected chi connectivity index (χ4v) is 6.25. The summed E-state index contributed by atoms with van der Waals surface area (Å²) in [4.78, 5) is 0. The average molecular weight is 519 g/mol. The van der Waals surface area contributed by atoms with E-state index < -0.39 is 0 Å². The number of nitrogens with zero attached hydrogens (tertiary/aromatic N) is 2. The minimum atomic E-state index is 0.747. The molecule has 6 aromatic carbocycles. The summed E-state index contributed by atoms with van der Waals surface area (Å²) >= 11 is 6.22. The molecule has 2 aromatic heterocycles. The van der Waals surface area contributed by atoms with Crippen LogP contribution < -0.4 is 0 Å². The summed E-state index contributed by atoms with van der Waals surface area (Å²) in [5.74, 6) is 0. The molecule has 0 radical (unpaired) electrons. The van der Waals surface area contributed by atoms with E-state index in [1.165, 1.54) is 54.9 Å². The number of benzene rings is 6. The summed E-state index contributed by atoms with van der Waals surface area (Å²) < 4.78 is 4.76. The van der Waals surface area contributed by atoms with Crippen LogP contribution in [0.2, 0.25) is 5.02 Å². The molecule has 0 aliphatic carbocycles. The summed E-state index contributed by atoms with van der Waals surface area (Å²) in [6.07, 6.45) is 0. The lowest BCUT2D eigenvalue weighted by Gasteiger charge is -2.11. The molecule has 0 spiro atoms. The van der Waals surface area contributed by atoms with Crippen molar-refractivity contribution in [1.82, 2.24) is 9.13 Å². The van der Waals surface area contributed by atoms with Gasteiger partial charge in [0, 0.05) is 37.9 Å². The van der Waals surface area contributed by atoms with Gasteiger partial charge in [0.05, 0.1) is 22.1 Å². The average Bonchev–Trinajstić information content (AvgIpc) is 3.51. The van der Waals surface area contributed by atoms with E-state index in [0.717, 1.165) is 16.3 Å². The summed E-state index contributed by atoms with van der Waals surface area (Å²) in [7, 11) is 0. The Morgan fingerprint density at radius 1 is 0.410 bits per heavy atom. The molecular formula is C36H23ClN2. The van der Waals surface area contributed by atoms with E-state index in [-0.39, 0.29) is 0 Å². The third-order valence-corrected chi connectivity index (χ3v) is 8.03. The van der Waals surface area contributed by atoms with E-state index in [1.54, 1.807) is 0 Å². The molecule has 3 heteroatoms. The maximum atomic E-state index is 6.22. The van der Waals surface area contributed by atoms with Crippen molar-refractivity contribution in [2.45, 2.75) is 0 Å². The number of hydrogen-bond donors (Lipinski definition) is 0. The smallest absolute Gasteiger partial charge is 0.0547 e. The molecule has 0 saturated heterocycles. The third-order valence-electron chi connectivity index (χ3n) is 7.78. The first-order chi connectivity index (χ1) is 19.3. The summed E-state index contributed by atoms with van der Waals surface area (Å²) in [5.41, 5.74) is 9.49. The van der Waals surface area contributed by atoms with Crippen LogP contribution in [0.4, 0.5) is 0 Å². The quantitative estimate of drug-likeness (QED) is 0.220. The summed E-state index contributed by atoms with van der Waals surface area (Å²) in [6, 6.07) is 49.6. The molecule has 0 aliphatic rings. The number of aromatic nitrogens is 2. The lowest BCUT2D eigenvalue weighted by molar-refractivity contribution is 1.17. The number of halogens is 1. The fraction of sp³-hybridized carbons (Fsp3) is 0. The number of hydrogen-bond acceptors (Lipinski definition) is 0.